The molecule has 0 spiro atoms. The minimum absolute atomic E-state index is 0.0108. The summed E-state index contributed by atoms with van der Waals surface area (Å²) in [4.78, 5) is 36.1. The highest BCUT2D eigenvalue weighted by atomic mass is 16.5. The van der Waals surface area contributed by atoms with Gasteiger partial charge in [-0.15, -0.1) is 0 Å². The molecule has 1 aliphatic rings. The number of hydrogen-bond acceptors (Lipinski definition) is 5. The van der Waals surface area contributed by atoms with Gasteiger partial charge in [0.2, 0.25) is 0 Å². The first-order chi connectivity index (χ1) is 10.1. The highest BCUT2D eigenvalue weighted by molar-refractivity contribution is 5.92. The summed E-state index contributed by atoms with van der Waals surface area (Å²) in [6, 6.07) is 2.69. The lowest BCUT2D eigenvalue weighted by Crippen LogP contribution is -2.46. The van der Waals surface area contributed by atoms with Crippen LogP contribution in [0.15, 0.2) is 16.9 Å². The number of piperidine rings is 1. The average Bonchev–Trinajstić information content (AvgIpc) is 2.48. The van der Waals surface area contributed by atoms with Gasteiger partial charge < -0.3 is 15.0 Å². The van der Waals surface area contributed by atoms with Gasteiger partial charge >= 0.3 is 6.09 Å². The average molecular weight is 294 g/mol. The van der Waals surface area contributed by atoms with Crippen LogP contribution < -0.4 is 10.9 Å². The Balaban J connectivity index is 1.86. The Bertz CT molecular complexity index is 543. The van der Waals surface area contributed by atoms with Crippen LogP contribution in [0.5, 0.6) is 0 Å². The van der Waals surface area contributed by atoms with Crippen LogP contribution in [0.4, 0.5) is 4.79 Å². The summed E-state index contributed by atoms with van der Waals surface area (Å²) in [6.45, 7) is 3.13. The zero-order valence-corrected chi connectivity index (χ0v) is 11.8. The second kappa shape index (κ2) is 6.87. The van der Waals surface area contributed by atoms with Crippen LogP contribution >= 0.6 is 0 Å². The van der Waals surface area contributed by atoms with E-state index in [4.69, 9.17) is 4.74 Å². The van der Waals surface area contributed by atoms with Gasteiger partial charge in [0.05, 0.1) is 6.61 Å². The molecule has 1 saturated heterocycles. The fourth-order valence-corrected chi connectivity index (χ4v) is 2.19. The van der Waals surface area contributed by atoms with Gasteiger partial charge in [-0.2, -0.15) is 5.10 Å². The molecule has 1 fully saturated rings. The number of aromatic nitrogens is 2. The van der Waals surface area contributed by atoms with Crippen molar-refractivity contribution < 1.29 is 14.3 Å². The molecule has 8 nitrogen and oxygen atoms in total. The van der Waals surface area contributed by atoms with Crippen molar-refractivity contribution in [3.63, 3.8) is 0 Å². The van der Waals surface area contributed by atoms with E-state index in [2.05, 4.69) is 15.5 Å². The van der Waals surface area contributed by atoms with Crippen LogP contribution in [-0.2, 0) is 4.74 Å². The lowest BCUT2D eigenvalue weighted by Gasteiger charge is -2.31. The van der Waals surface area contributed by atoms with Crippen LogP contribution in [0.1, 0.15) is 30.3 Å². The van der Waals surface area contributed by atoms with Gasteiger partial charge in [0.1, 0.15) is 5.69 Å². The minimum Gasteiger partial charge on any atom is -0.450 e. The number of aromatic amines is 1. The maximum absolute atomic E-state index is 12.2. The van der Waals surface area contributed by atoms with Crippen LogP contribution in [0.2, 0.25) is 0 Å². The Kier molecular flexibility index (Phi) is 4.91. The molecule has 0 saturated carbocycles. The molecule has 0 aromatic carbocycles. The Morgan fingerprint density at radius 3 is 2.71 bits per heavy atom. The number of rotatable bonds is 3. The second-order valence-corrected chi connectivity index (χ2v) is 4.74. The first-order valence-electron chi connectivity index (χ1n) is 6.88. The van der Waals surface area contributed by atoms with Crippen molar-refractivity contribution in [2.24, 2.45) is 0 Å². The molecule has 1 aliphatic heterocycles. The largest absolute Gasteiger partial charge is 0.450 e. The Morgan fingerprint density at radius 2 is 2.14 bits per heavy atom. The summed E-state index contributed by atoms with van der Waals surface area (Å²) in [6.07, 6.45) is 0.895. The highest BCUT2D eigenvalue weighted by Gasteiger charge is 2.25. The monoisotopic (exact) mass is 294 g/mol. The van der Waals surface area contributed by atoms with E-state index >= 15 is 0 Å². The molecule has 0 unspecified atom stereocenters. The number of amides is 2. The van der Waals surface area contributed by atoms with Gasteiger partial charge in [-0.05, 0) is 25.8 Å². The lowest BCUT2D eigenvalue weighted by molar-refractivity contribution is 0.0695. The van der Waals surface area contributed by atoms with Gasteiger partial charge in [-0.1, -0.05) is 0 Å². The summed E-state index contributed by atoms with van der Waals surface area (Å²) >= 11 is 0. The van der Waals surface area contributed by atoms with Crippen LogP contribution in [0.3, 0.4) is 0 Å². The molecule has 0 bridgehead atoms. The molecule has 2 rings (SSSR count). The molecular formula is C13H18N4O4. The third kappa shape index (κ3) is 4.04. The van der Waals surface area contributed by atoms with Crippen molar-refractivity contribution in [3.8, 4) is 0 Å². The third-order valence-corrected chi connectivity index (χ3v) is 3.28. The number of likely N-dealkylation sites (tertiary alicyclic amines) is 1. The van der Waals surface area contributed by atoms with Crippen molar-refractivity contribution in [2.45, 2.75) is 25.8 Å². The van der Waals surface area contributed by atoms with E-state index in [0.29, 0.717) is 32.5 Å². The van der Waals surface area contributed by atoms with Crippen LogP contribution in [-0.4, -0.2) is 52.8 Å². The van der Waals surface area contributed by atoms with Crippen LogP contribution in [0, 0.1) is 0 Å². The van der Waals surface area contributed by atoms with E-state index in [1.165, 1.54) is 12.1 Å². The number of H-pyrrole nitrogens is 1. The van der Waals surface area contributed by atoms with Gasteiger partial charge in [0, 0.05) is 25.2 Å². The van der Waals surface area contributed by atoms with E-state index in [9.17, 15) is 14.4 Å². The molecule has 8 heteroatoms. The standard InChI is InChI=1S/C13H18N4O4/c1-2-21-13(20)14-9-5-7-17(8-6-9)12(19)10-3-4-11(18)16-15-10/h3-4,9H,2,5-8H2,1H3,(H,14,20)(H,16,18). The van der Waals surface area contributed by atoms with Crippen molar-refractivity contribution in [2.75, 3.05) is 19.7 Å². The maximum Gasteiger partial charge on any atom is 0.407 e. The number of nitrogens with zero attached hydrogens (tertiary/aromatic N) is 2. The van der Waals surface area contributed by atoms with Gasteiger partial charge in [0.15, 0.2) is 0 Å². The van der Waals surface area contributed by atoms with E-state index < -0.39 is 6.09 Å². The molecule has 0 radical (unpaired) electrons. The predicted octanol–water partition coefficient (Wildman–Crippen LogP) is 0.121. The molecule has 1 aromatic heterocycles. The van der Waals surface area contributed by atoms with Gasteiger partial charge in [-0.3, -0.25) is 9.59 Å². The number of carbonyl (C=O) groups excluding carboxylic acids is 2. The summed E-state index contributed by atoms with van der Waals surface area (Å²) in [5.74, 6) is -0.221. The topological polar surface area (TPSA) is 104 Å². The van der Waals surface area contributed by atoms with E-state index in [0.717, 1.165) is 0 Å². The molecule has 2 amide bonds. The predicted molar refractivity (Wildman–Crippen MR) is 73.9 cm³/mol. The number of carbonyl (C=O) groups is 2. The second-order valence-electron chi connectivity index (χ2n) is 4.74. The maximum atomic E-state index is 12.2. The lowest BCUT2D eigenvalue weighted by atomic mass is 10.0. The zero-order chi connectivity index (χ0) is 15.2. The summed E-state index contributed by atoms with van der Waals surface area (Å²) < 4.78 is 4.83. The van der Waals surface area contributed by atoms with E-state index in [1.807, 2.05) is 0 Å². The highest BCUT2D eigenvalue weighted by Crippen LogP contribution is 2.12. The van der Waals surface area contributed by atoms with E-state index in [-0.39, 0.29) is 23.2 Å². The van der Waals surface area contributed by atoms with Crippen molar-refractivity contribution in [3.05, 3.63) is 28.2 Å². The molecule has 2 heterocycles. The molecule has 21 heavy (non-hydrogen) atoms. The summed E-state index contributed by atoms with van der Waals surface area (Å²) in [5.41, 5.74) is -0.129. The Hall–Kier alpha value is -2.38. The fourth-order valence-electron chi connectivity index (χ4n) is 2.19. The molecule has 114 valence electrons. The first kappa shape index (κ1) is 15.0. The number of ether oxygens (including phenoxy) is 1. The Labute approximate surface area is 121 Å². The summed E-state index contributed by atoms with van der Waals surface area (Å²) in [7, 11) is 0. The number of alkyl carbamates (subject to hydrolysis) is 1. The molecule has 0 aliphatic carbocycles. The van der Waals surface area contributed by atoms with Crippen molar-refractivity contribution in [1.29, 1.82) is 0 Å². The van der Waals surface area contributed by atoms with Crippen LogP contribution in [0.25, 0.3) is 0 Å². The molecule has 0 atom stereocenters. The minimum atomic E-state index is -0.426. The molecule has 2 N–H and O–H groups in total. The summed E-state index contributed by atoms with van der Waals surface area (Å²) in [5, 5.41) is 8.73. The SMILES string of the molecule is CCOC(=O)NC1CCN(C(=O)c2ccc(=O)[nH]n2)CC1. The molecular weight excluding hydrogens is 276 g/mol. The quantitative estimate of drug-likeness (QED) is 0.824. The number of hydrogen-bond donors (Lipinski definition) is 2. The third-order valence-electron chi connectivity index (χ3n) is 3.28. The van der Waals surface area contributed by atoms with Gasteiger partial charge in [0.25, 0.3) is 11.5 Å². The van der Waals surface area contributed by atoms with Crippen molar-refractivity contribution in [1.82, 2.24) is 20.4 Å². The number of nitrogens with one attached hydrogen (secondary N) is 2. The van der Waals surface area contributed by atoms with Crippen molar-refractivity contribution >= 4 is 12.0 Å². The fraction of sp³-hybridized carbons (Fsp3) is 0.538. The smallest absolute Gasteiger partial charge is 0.407 e. The Morgan fingerprint density at radius 1 is 1.43 bits per heavy atom. The molecule has 1 aromatic rings. The first-order valence-corrected chi connectivity index (χ1v) is 6.88. The normalized spacial score (nSPS) is 15.6. The van der Waals surface area contributed by atoms with Gasteiger partial charge in [-0.25, -0.2) is 9.89 Å². The van der Waals surface area contributed by atoms with E-state index in [1.54, 1.807) is 11.8 Å². The zero-order valence-electron chi connectivity index (χ0n) is 11.8.